The normalized spacial score (nSPS) is 22.1. The molecule has 0 bridgehead atoms. The summed E-state index contributed by atoms with van der Waals surface area (Å²) in [6.07, 6.45) is 5.75. The van der Waals surface area contributed by atoms with Crippen molar-refractivity contribution in [3.8, 4) is 0 Å². The zero-order valence-electron chi connectivity index (χ0n) is 9.45. The van der Waals surface area contributed by atoms with Gasteiger partial charge in [0.25, 0.3) is 0 Å². The van der Waals surface area contributed by atoms with E-state index >= 15 is 0 Å². The Labute approximate surface area is 92.1 Å². The molecule has 0 amide bonds. The molecule has 2 atom stereocenters. The minimum absolute atomic E-state index is 0.154. The van der Waals surface area contributed by atoms with Crippen molar-refractivity contribution < 1.29 is 5.11 Å². The van der Waals surface area contributed by atoms with Crippen molar-refractivity contribution in [3.63, 3.8) is 0 Å². The molecular weight excluding hydrogens is 184 g/mol. The number of aliphatic hydroxyl groups is 1. The third kappa shape index (κ3) is 2.60. The Balaban J connectivity index is 2.08. The van der Waals surface area contributed by atoms with E-state index in [1.54, 1.807) is 0 Å². The Morgan fingerprint density at radius 2 is 2.20 bits per heavy atom. The molecule has 0 spiro atoms. The van der Waals surface area contributed by atoms with Crippen LogP contribution in [-0.2, 0) is 6.42 Å². The molecule has 0 aliphatic heterocycles. The third-order valence-corrected chi connectivity index (χ3v) is 3.43. The number of benzene rings is 1. The number of rotatable bonds is 3. The van der Waals surface area contributed by atoms with E-state index in [9.17, 15) is 5.11 Å². The quantitative estimate of drug-likeness (QED) is 0.801. The summed E-state index contributed by atoms with van der Waals surface area (Å²) in [5, 5.41) is 9.33. The lowest BCUT2D eigenvalue weighted by Crippen LogP contribution is -2.11. The maximum absolute atomic E-state index is 9.33. The van der Waals surface area contributed by atoms with Crippen molar-refractivity contribution in [2.24, 2.45) is 0 Å². The van der Waals surface area contributed by atoms with E-state index in [4.69, 9.17) is 0 Å². The Hall–Kier alpha value is -0.820. The predicted molar refractivity (Wildman–Crippen MR) is 63.0 cm³/mol. The van der Waals surface area contributed by atoms with E-state index in [0.717, 1.165) is 12.8 Å². The largest absolute Gasteiger partial charge is 0.393 e. The van der Waals surface area contributed by atoms with Crippen LogP contribution in [0.25, 0.3) is 0 Å². The molecule has 2 rings (SSSR count). The van der Waals surface area contributed by atoms with Crippen LogP contribution >= 0.6 is 0 Å². The number of hydrogen-bond donors (Lipinski definition) is 1. The second kappa shape index (κ2) is 4.80. The van der Waals surface area contributed by atoms with Crippen LogP contribution in [0.4, 0.5) is 0 Å². The molecule has 0 radical (unpaired) electrons. The van der Waals surface area contributed by atoms with Gasteiger partial charge in [-0.05, 0) is 56.1 Å². The molecule has 15 heavy (non-hydrogen) atoms. The van der Waals surface area contributed by atoms with Gasteiger partial charge in [0.2, 0.25) is 0 Å². The van der Waals surface area contributed by atoms with Crippen LogP contribution in [0.2, 0.25) is 0 Å². The monoisotopic (exact) mass is 204 g/mol. The average Bonchev–Trinajstić information content (AvgIpc) is 2.26. The predicted octanol–water partition coefficient (Wildman–Crippen LogP) is 3.27. The van der Waals surface area contributed by atoms with Gasteiger partial charge in [-0.15, -0.1) is 0 Å². The standard InChI is InChI=1S/C14H20O/c1-11(15)9-10-13-7-4-6-12-5-2-3-8-14(12)13/h2-3,5,8,11,13,15H,4,6-7,9-10H2,1H3. The van der Waals surface area contributed by atoms with Crippen molar-refractivity contribution in [1.29, 1.82) is 0 Å². The number of aryl methyl sites for hydroxylation is 1. The highest BCUT2D eigenvalue weighted by Crippen LogP contribution is 2.34. The molecule has 1 N–H and O–H groups in total. The van der Waals surface area contributed by atoms with E-state index in [2.05, 4.69) is 24.3 Å². The maximum atomic E-state index is 9.33. The van der Waals surface area contributed by atoms with Gasteiger partial charge in [0.15, 0.2) is 0 Å². The van der Waals surface area contributed by atoms with Crippen LogP contribution in [0.1, 0.15) is 49.7 Å². The van der Waals surface area contributed by atoms with Crippen molar-refractivity contribution in [2.75, 3.05) is 0 Å². The highest BCUT2D eigenvalue weighted by molar-refractivity contribution is 5.32. The molecule has 0 saturated heterocycles. The van der Waals surface area contributed by atoms with Crippen molar-refractivity contribution >= 4 is 0 Å². The van der Waals surface area contributed by atoms with Gasteiger partial charge in [0, 0.05) is 0 Å². The summed E-state index contributed by atoms with van der Waals surface area (Å²) in [5.41, 5.74) is 3.06. The minimum Gasteiger partial charge on any atom is -0.393 e. The number of hydrogen-bond acceptors (Lipinski definition) is 1. The van der Waals surface area contributed by atoms with Crippen LogP contribution in [0.3, 0.4) is 0 Å². The first kappa shape index (κ1) is 10.7. The number of aliphatic hydroxyl groups excluding tert-OH is 1. The molecule has 2 unspecified atom stereocenters. The Kier molecular flexibility index (Phi) is 3.42. The first-order valence-electron chi connectivity index (χ1n) is 6.03. The van der Waals surface area contributed by atoms with Gasteiger partial charge in [-0.2, -0.15) is 0 Å². The topological polar surface area (TPSA) is 20.2 Å². The Morgan fingerprint density at radius 1 is 1.40 bits per heavy atom. The summed E-state index contributed by atoms with van der Waals surface area (Å²) in [7, 11) is 0. The molecule has 1 aromatic rings. The summed E-state index contributed by atoms with van der Waals surface area (Å²) >= 11 is 0. The van der Waals surface area contributed by atoms with E-state index in [1.807, 2.05) is 6.92 Å². The van der Waals surface area contributed by atoms with E-state index in [0.29, 0.717) is 5.92 Å². The molecule has 0 saturated carbocycles. The molecule has 0 fully saturated rings. The lowest BCUT2D eigenvalue weighted by Gasteiger charge is -2.25. The second-order valence-electron chi connectivity index (χ2n) is 4.71. The van der Waals surface area contributed by atoms with Gasteiger partial charge >= 0.3 is 0 Å². The van der Waals surface area contributed by atoms with Crippen LogP contribution in [-0.4, -0.2) is 11.2 Å². The average molecular weight is 204 g/mol. The molecule has 1 heteroatoms. The van der Waals surface area contributed by atoms with Crippen LogP contribution in [0.5, 0.6) is 0 Å². The summed E-state index contributed by atoms with van der Waals surface area (Å²) < 4.78 is 0. The molecule has 1 aromatic carbocycles. The fourth-order valence-corrected chi connectivity index (χ4v) is 2.60. The fraction of sp³-hybridized carbons (Fsp3) is 0.571. The first-order chi connectivity index (χ1) is 7.27. The summed E-state index contributed by atoms with van der Waals surface area (Å²) in [6.45, 7) is 1.88. The molecule has 0 heterocycles. The van der Waals surface area contributed by atoms with Gasteiger partial charge in [-0.3, -0.25) is 0 Å². The Bertz CT molecular complexity index is 317. The van der Waals surface area contributed by atoms with Crippen LogP contribution < -0.4 is 0 Å². The molecule has 1 nitrogen and oxygen atoms in total. The lowest BCUT2D eigenvalue weighted by molar-refractivity contribution is 0.177. The summed E-state index contributed by atoms with van der Waals surface area (Å²) in [4.78, 5) is 0. The molecule has 82 valence electrons. The van der Waals surface area contributed by atoms with Crippen molar-refractivity contribution in [2.45, 2.75) is 51.0 Å². The van der Waals surface area contributed by atoms with Crippen molar-refractivity contribution in [1.82, 2.24) is 0 Å². The van der Waals surface area contributed by atoms with E-state index in [-0.39, 0.29) is 6.10 Å². The highest BCUT2D eigenvalue weighted by Gasteiger charge is 2.19. The van der Waals surface area contributed by atoms with Crippen molar-refractivity contribution in [3.05, 3.63) is 35.4 Å². The van der Waals surface area contributed by atoms with E-state index in [1.165, 1.54) is 30.4 Å². The molecule has 0 aromatic heterocycles. The van der Waals surface area contributed by atoms with Gasteiger partial charge in [0.1, 0.15) is 0 Å². The van der Waals surface area contributed by atoms with E-state index < -0.39 is 0 Å². The van der Waals surface area contributed by atoms with Crippen LogP contribution in [0.15, 0.2) is 24.3 Å². The molecular formula is C14H20O. The second-order valence-corrected chi connectivity index (χ2v) is 4.71. The van der Waals surface area contributed by atoms with Crippen LogP contribution in [0, 0.1) is 0 Å². The molecule has 1 aliphatic carbocycles. The smallest absolute Gasteiger partial charge is 0.0512 e. The van der Waals surface area contributed by atoms with Gasteiger partial charge in [-0.1, -0.05) is 24.3 Å². The zero-order chi connectivity index (χ0) is 10.7. The Morgan fingerprint density at radius 3 is 3.00 bits per heavy atom. The fourth-order valence-electron chi connectivity index (χ4n) is 2.60. The SMILES string of the molecule is CC(O)CCC1CCCc2ccccc21. The number of fused-ring (bicyclic) bond motifs is 1. The van der Waals surface area contributed by atoms with Gasteiger partial charge in [-0.25, -0.2) is 0 Å². The maximum Gasteiger partial charge on any atom is 0.0512 e. The highest BCUT2D eigenvalue weighted by atomic mass is 16.3. The van der Waals surface area contributed by atoms with Gasteiger partial charge in [0.05, 0.1) is 6.10 Å². The first-order valence-corrected chi connectivity index (χ1v) is 6.03. The molecule has 1 aliphatic rings. The summed E-state index contributed by atoms with van der Waals surface area (Å²) in [5.74, 6) is 0.685. The minimum atomic E-state index is -0.154. The zero-order valence-corrected chi connectivity index (χ0v) is 9.45. The third-order valence-electron chi connectivity index (χ3n) is 3.43. The lowest BCUT2D eigenvalue weighted by atomic mass is 9.80. The van der Waals surface area contributed by atoms with Gasteiger partial charge < -0.3 is 5.11 Å². The summed E-state index contributed by atoms with van der Waals surface area (Å²) in [6, 6.07) is 8.79.